The standard InChI is InChI=1S/C31H26Cl2N2O7/c1-3-25(19-7-5-9-21(32)15-19)27-17-23(34(37)38)11-13-29(27)41-31(36)42-30-14-12-24(35(39)40)18-28(30)26(4-2)20-8-6-10-22(33)16-20/h5-18,25-26H,3-4H2,1-2H3. The average molecular weight is 609 g/mol. The van der Waals surface area contributed by atoms with Crippen molar-refractivity contribution in [1.82, 2.24) is 0 Å². The number of benzene rings is 4. The van der Waals surface area contributed by atoms with Crippen LogP contribution in [0.5, 0.6) is 11.5 Å². The number of non-ortho nitro benzene ring substituents is 2. The van der Waals surface area contributed by atoms with E-state index < -0.39 is 16.0 Å². The van der Waals surface area contributed by atoms with Crippen molar-refractivity contribution in [3.8, 4) is 11.5 Å². The third-order valence-electron chi connectivity index (χ3n) is 6.86. The molecule has 9 nitrogen and oxygen atoms in total. The summed E-state index contributed by atoms with van der Waals surface area (Å²) >= 11 is 12.4. The molecule has 0 aliphatic rings. The van der Waals surface area contributed by atoms with Gasteiger partial charge in [0.15, 0.2) is 0 Å². The monoisotopic (exact) mass is 608 g/mol. The van der Waals surface area contributed by atoms with E-state index in [4.69, 9.17) is 32.7 Å². The number of carbonyl (C=O) groups is 1. The summed E-state index contributed by atoms with van der Waals surface area (Å²) in [6.07, 6.45) is -0.0591. The van der Waals surface area contributed by atoms with Crippen molar-refractivity contribution in [3.63, 3.8) is 0 Å². The molecule has 0 heterocycles. The van der Waals surface area contributed by atoms with Crippen molar-refractivity contribution < 1.29 is 24.1 Å². The molecule has 4 aromatic rings. The lowest BCUT2D eigenvalue weighted by molar-refractivity contribution is -0.385. The zero-order valence-corrected chi connectivity index (χ0v) is 24.2. The molecule has 2 atom stereocenters. The largest absolute Gasteiger partial charge is 0.519 e. The van der Waals surface area contributed by atoms with E-state index in [9.17, 15) is 25.0 Å². The molecule has 42 heavy (non-hydrogen) atoms. The minimum atomic E-state index is -1.11. The molecule has 0 N–H and O–H groups in total. The number of hydrogen-bond acceptors (Lipinski definition) is 7. The summed E-state index contributed by atoms with van der Waals surface area (Å²) in [6, 6.07) is 22.0. The molecule has 0 radical (unpaired) electrons. The Hall–Kier alpha value is -4.47. The Balaban J connectivity index is 1.71. The lowest BCUT2D eigenvalue weighted by Gasteiger charge is -2.21. The Labute approximate surface area is 251 Å². The van der Waals surface area contributed by atoms with E-state index in [2.05, 4.69) is 0 Å². The highest BCUT2D eigenvalue weighted by Gasteiger charge is 2.26. The van der Waals surface area contributed by atoms with Crippen molar-refractivity contribution in [2.45, 2.75) is 38.5 Å². The molecule has 0 aromatic heterocycles. The maximum atomic E-state index is 13.2. The third-order valence-corrected chi connectivity index (χ3v) is 7.33. The third kappa shape index (κ3) is 7.05. The number of ether oxygens (including phenoxy) is 2. The first-order chi connectivity index (χ1) is 20.1. The molecule has 11 heteroatoms. The Kier molecular flexibility index (Phi) is 9.77. The van der Waals surface area contributed by atoms with E-state index in [1.165, 1.54) is 36.4 Å². The van der Waals surface area contributed by atoms with Gasteiger partial charge in [0.05, 0.1) is 9.85 Å². The Morgan fingerprint density at radius 3 is 1.43 bits per heavy atom. The van der Waals surface area contributed by atoms with Gasteiger partial charge in [-0.3, -0.25) is 20.2 Å². The van der Waals surface area contributed by atoms with Gasteiger partial charge < -0.3 is 9.47 Å². The zero-order valence-electron chi connectivity index (χ0n) is 22.7. The maximum absolute atomic E-state index is 13.2. The minimum Gasteiger partial charge on any atom is -0.394 e. The van der Waals surface area contributed by atoms with Gasteiger partial charge >= 0.3 is 6.16 Å². The normalized spacial score (nSPS) is 12.3. The molecular formula is C31H26Cl2N2O7. The number of carbonyl (C=O) groups excluding carboxylic acids is 1. The SMILES string of the molecule is CCC(c1cccc(Cl)c1)c1cc([N+](=O)[O-])ccc1OC(=O)Oc1ccc([N+](=O)[O-])cc1C(CC)c1cccc(Cl)c1. The van der Waals surface area contributed by atoms with E-state index >= 15 is 0 Å². The van der Waals surface area contributed by atoms with Gasteiger partial charge in [0.1, 0.15) is 11.5 Å². The summed E-state index contributed by atoms with van der Waals surface area (Å²) in [4.78, 5) is 35.3. The Bertz CT molecular complexity index is 1520. The minimum absolute atomic E-state index is 0.0720. The summed E-state index contributed by atoms with van der Waals surface area (Å²) in [5.74, 6) is -0.618. The van der Waals surface area contributed by atoms with E-state index in [-0.39, 0.29) is 34.7 Å². The summed E-state index contributed by atoms with van der Waals surface area (Å²) in [6.45, 7) is 3.80. The van der Waals surface area contributed by atoms with E-state index in [0.29, 0.717) is 34.0 Å². The van der Waals surface area contributed by atoms with Gasteiger partial charge in [0, 0.05) is 57.3 Å². The molecule has 0 saturated heterocycles. The highest BCUT2D eigenvalue weighted by atomic mass is 35.5. The average Bonchev–Trinajstić information content (AvgIpc) is 2.95. The van der Waals surface area contributed by atoms with Crippen molar-refractivity contribution in [1.29, 1.82) is 0 Å². The molecule has 0 saturated carbocycles. The predicted molar refractivity (Wildman–Crippen MR) is 160 cm³/mol. The van der Waals surface area contributed by atoms with E-state index in [1.54, 1.807) is 36.4 Å². The Morgan fingerprint density at radius 2 is 1.10 bits per heavy atom. The second-order valence-electron chi connectivity index (χ2n) is 9.44. The van der Waals surface area contributed by atoms with Gasteiger partial charge in [-0.15, -0.1) is 0 Å². The number of nitro benzene ring substituents is 2. The van der Waals surface area contributed by atoms with Crippen molar-refractivity contribution in [2.24, 2.45) is 0 Å². The van der Waals surface area contributed by atoms with Crippen LogP contribution in [-0.4, -0.2) is 16.0 Å². The first kappa shape index (κ1) is 30.5. The summed E-state index contributed by atoms with van der Waals surface area (Å²) in [5.41, 5.74) is 2.04. The van der Waals surface area contributed by atoms with E-state index in [0.717, 1.165) is 11.1 Å². The molecule has 0 spiro atoms. The second kappa shape index (κ2) is 13.5. The van der Waals surface area contributed by atoms with Crippen LogP contribution in [-0.2, 0) is 0 Å². The number of nitro groups is 2. The first-order valence-corrected chi connectivity index (χ1v) is 13.8. The van der Waals surface area contributed by atoms with Crippen LogP contribution in [0, 0.1) is 20.2 Å². The van der Waals surface area contributed by atoms with Gasteiger partial charge in [-0.2, -0.15) is 0 Å². The molecule has 4 rings (SSSR count). The van der Waals surface area contributed by atoms with Crippen LogP contribution in [0.15, 0.2) is 84.9 Å². The highest BCUT2D eigenvalue weighted by molar-refractivity contribution is 6.30. The molecule has 0 aliphatic carbocycles. The van der Waals surface area contributed by atoms with Crippen molar-refractivity contribution in [3.05, 3.63) is 137 Å². The van der Waals surface area contributed by atoms with E-state index in [1.807, 2.05) is 26.0 Å². The number of hydrogen-bond donors (Lipinski definition) is 0. The second-order valence-corrected chi connectivity index (χ2v) is 10.3. The van der Waals surface area contributed by atoms with Gasteiger partial charge in [-0.1, -0.05) is 61.3 Å². The highest BCUT2D eigenvalue weighted by Crippen LogP contribution is 2.40. The summed E-state index contributed by atoms with van der Waals surface area (Å²) in [7, 11) is 0. The van der Waals surface area contributed by atoms with Crippen LogP contribution in [0.3, 0.4) is 0 Å². The Morgan fingerprint density at radius 1 is 0.690 bits per heavy atom. The maximum Gasteiger partial charge on any atom is 0.519 e. The predicted octanol–water partition coefficient (Wildman–Crippen LogP) is 9.47. The van der Waals surface area contributed by atoms with Crippen LogP contribution in [0.4, 0.5) is 16.2 Å². The number of halogens is 2. The fourth-order valence-electron chi connectivity index (χ4n) is 4.95. The topological polar surface area (TPSA) is 122 Å². The van der Waals surface area contributed by atoms with Crippen molar-refractivity contribution in [2.75, 3.05) is 0 Å². The molecule has 0 fully saturated rings. The van der Waals surface area contributed by atoms with Gasteiger partial charge in [0.2, 0.25) is 0 Å². The van der Waals surface area contributed by atoms with Crippen LogP contribution in [0.2, 0.25) is 10.0 Å². The smallest absolute Gasteiger partial charge is 0.394 e. The lowest BCUT2D eigenvalue weighted by Crippen LogP contribution is -2.17. The molecule has 2 unspecified atom stereocenters. The van der Waals surface area contributed by atoms with Gasteiger partial charge in [-0.25, -0.2) is 4.79 Å². The zero-order chi connectivity index (χ0) is 30.4. The molecule has 0 aliphatic heterocycles. The van der Waals surface area contributed by atoms with Crippen LogP contribution >= 0.6 is 23.2 Å². The van der Waals surface area contributed by atoms with Gasteiger partial charge in [0.25, 0.3) is 11.4 Å². The molecule has 4 aromatic carbocycles. The van der Waals surface area contributed by atoms with Crippen LogP contribution in [0.25, 0.3) is 0 Å². The fraction of sp³-hybridized carbons (Fsp3) is 0.194. The van der Waals surface area contributed by atoms with Gasteiger partial charge in [-0.05, 0) is 60.4 Å². The molecule has 216 valence electrons. The fourth-order valence-corrected chi connectivity index (χ4v) is 5.34. The molecule has 0 amide bonds. The number of nitrogens with zero attached hydrogens (tertiary/aromatic N) is 2. The first-order valence-electron chi connectivity index (χ1n) is 13.1. The lowest BCUT2D eigenvalue weighted by atomic mass is 9.88. The van der Waals surface area contributed by atoms with Crippen molar-refractivity contribution >= 4 is 40.7 Å². The quantitative estimate of drug-likeness (QED) is 0.0759. The van der Waals surface area contributed by atoms with Crippen LogP contribution in [0.1, 0.15) is 60.8 Å². The molecule has 0 bridgehead atoms. The molecular weight excluding hydrogens is 583 g/mol. The van der Waals surface area contributed by atoms with Crippen LogP contribution < -0.4 is 9.47 Å². The number of rotatable bonds is 10. The summed E-state index contributed by atoms with van der Waals surface area (Å²) in [5, 5.41) is 24.1. The summed E-state index contributed by atoms with van der Waals surface area (Å²) < 4.78 is 11.2.